The predicted octanol–water partition coefficient (Wildman–Crippen LogP) is 1.84. The lowest BCUT2D eigenvalue weighted by molar-refractivity contribution is -0.155. The lowest BCUT2D eigenvalue weighted by atomic mass is 9.72. The van der Waals surface area contributed by atoms with E-state index < -0.39 is 5.97 Å². The van der Waals surface area contributed by atoms with E-state index in [0.717, 1.165) is 6.42 Å². The summed E-state index contributed by atoms with van der Waals surface area (Å²) in [6.07, 6.45) is 8.29. The Morgan fingerprint density at radius 1 is 1.57 bits per heavy atom. The minimum atomic E-state index is -0.482. The highest BCUT2D eigenvalue weighted by molar-refractivity contribution is 5.81. The number of esters is 1. The van der Waals surface area contributed by atoms with E-state index in [9.17, 15) is 9.59 Å². The number of hydrogen-bond acceptors (Lipinski definition) is 3. The van der Waals surface area contributed by atoms with E-state index in [0.29, 0.717) is 0 Å². The third kappa shape index (κ3) is 1.92. The van der Waals surface area contributed by atoms with Gasteiger partial charge in [-0.3, -0.25) is 9.59 Å². The molecule has 1 aliphatic rings. The summed E-state index contributed by atoms with van der Waals surface area (Å²) >= 11 is 0. The van der Waals surface area contributed by atoms with Crippen LogP contribution in [0, 0.1) is 11.3 Å². The number of ether oxygens (including phenoxy) is 1. The largest absolute Gasteiger partial charge is 0.395 e. The van der Waals surface area contributed by atoms with Crippen molar-refractivity contribution >= 4 is 12.4 Å². The Kier molecular flexibility index (Phi) is 3.23. The molecule has 0 amide bonds. The fourth-order valence-electron chi connectivity index (χ4n) is 1.58. The van der Waals surface area contributed by atoms with Crippen molar-refractivity contribution in [2.75, 3.05) is 0 Å². The third-order valence-electron chi connectivity index (χ3n) is 2.78. The second kappa shape index (κ2) is 4.22. The lowest BCUT2D eigenvalue weighted by Crippen LogP contribution is -2.32. The molecule has 1 rings (SSSR count). The van der Waals surface area contributed by atoms with Crippen molar-refractivity contribution in [2.24, 2.45) is 11.3 Å². The average molecular weight is 194 g/mol. The molecule has 0 saturated heterocycles. The molecule has 0 aliphatic heterocycles. The summed E-state index contributed by atoms with van der Waals surface area (Å²) in [6, 6.07) is 0. The van der Waals surface area contributed by atoms with Gasteiger partial charge < -0.3 is 4.74 Å². The van der Waals surface area contributed by atoms with Gasteiger partial charge in [-0.25, -0.2) is 0 Å². The highest BCUT2D eigenvalue weighted by atomic mass is 16.6. The molecule has 0 aromatic rings. The van der Waals surface area contributed by atoms with Crippen LogP contribution in [-0.2, 0) is 14.3 Å². The maximum Gasteiger partial charge on any atom is 0.321 e. The Balaban J connectivity index is 2.85. The molecule has 0 N–H and O–H groups in total. The van der Waals surface area contributed by atoms with E-state index in [4.69, 9.17) is 0 Å². The summed E-state index contributed by atoms with van der Waals surface area (Å²) in [4.78, 5) is 21.5. The molecular formula is C11H14O3. The van der Waals surface area contributed by atoms with Gasteiger partial charge in [-0.15, -0.1) is 0 Å². The molecule has 0 bridgehead atoms. The fourth-order valence-corrected chi connectivity index (χ4v) is 1.58. The highest BCUT2D eigenvalue weighted by Gasteiger charge is 2.36. The molecule has 2 unspecified atom stereocenters. The zero-order chi connectivity index (χ0) is 10.6. The van der Waals surface area contributed by atoms with Gasteiger partial charge in [0.1, 0.15) is 0 Å². The van der Waals surface area contributed by atoms with Crippen molar-refractivity contribution < 1.29 is 14.3 Å². The molecule has 3 heteroatoms. The van der Waals surface area contributed by atoms with Crippen LogP contribution in [0.5, 0.6) is 0 Å². The molecule has 0 aromatic carbocycles. The molecule has 3 nitrogen and oxygen atoms in total. The second-order valence-electron chi connectivity index (χ2n) is 3.61. The molecule has 14 heavy (non-hydrogen) atoms. The average Bonchev–Trinajstić information content (AvgIpc) is 2.19. The minimum Gasteiger partial charge on any atom is -0.395 e. The van der Waals surface area contributed by atoms with Crippen LogP contribution in [0.4, 0.5) is 0 Å². The normalized spacial score (nSPS) is 30.0. The molecule has 0 radical (unpaired) electrons. The summed E-state index contributed by atoms with van der Waals surface area (Å²) in [7, 11) is 0. The van der Waals surface area contributed by atoms with Crippen molar-refractivity contribution in [3.8, 4) is 0 Å². The van der Waals surface area contributed by atoms with E-state index >= 15 is 0 Å². The van der Waals surface area contributed by atoms with Gasteiger partial charge in [0.25, 0.3) is 0 Å². The first-order chi connectivity index (χ1) is 6.64. The third-order valence-corrected chi connectivity index (χ3v) is 2.78. The molecule has 0 fully saturated rings. The van der Waals surface area contributed by atoms with E-state index in [2.05, 4.69) is 4.74 Å². The van der Waals surface area contributed by atoms with Gasteiger partial charge in [0, 0.05) is 5.41 Å². The molecule has 1 aliphatic carbocycles. The predicted molar refractivity (Wildman–Crippen MR) is 52.3 cm³/mol. The van der Waals surface area contributed by atoms with Gasteiger partial charge in [0.15, 0.2) is 0 Å². The Labute approximate surface area is 83.4 Å². The summed E-state index contributed by atoms with van der Waals surface area (Å²) in [5.41, 5.74) is -0.241. The fraction of sp³-hybridized carbons (Fsp3) is 0.455. The number of carbonyl (C=O) groups is 2. The van der Waals surface area contributed by atoms with Crippen LogP contribution >= 0.6 is 0 Å². The van der Waals surface area contributed by atoms with Crippen molar-refractivity contribution in [3.05, 3.63) is 24.3 Å². The topological polar surface area (TPSA) is 43.4 Å². The molecule has 0 aromatic heterocycles. The molecule has 76 valence electrons. The van der Waals surface area contributed by atoms with Crippen LogP contribution in [0.2, 0.25) is 0 Å². The summed E-state index contributed by atoms with van der Waals surface area (Å²) in [5.74, 6) is -0.840. The van der Waals surface area contributed by atoms with Crippen LogP contribution in [0.1, 0.15) is 20.3 Å². The quantitative estimate of drug-likeness (QED) is 0.391. The first-order valence-corrected chi connectivity index (χ1v) is 4.64. The van der Waals surface area contributed by atoms with Crippen LogP contribution < -0.4 is 0 Å². The number of carbonyl (C=O) groups excluding carboxylic acids is 2. The summed E-state index contributed by atoms with van der Waals surface area (Å²) in [5, 5.41) is 0. The van der Waals surface area contributed by atoms with Crippen molar-refractivity contribution in [3.63, 3.8) is 0 Å². The van der Waals surface area contributed by atoms with Crippen molar-refractivity contribution in [1.82, 2.24) is 0 Å². The molecule has 0 heterocycles. The van der Waals surface area contributed by atoms with Gasteiger partial charge in [-0.1, -0.05) is 38.2 Å². The number of hydrogen-bond donors (Lipinski definition) is 0. The van der Waals surface area contributed by atoms with Crippen LogP contribution in [-0.4, -0.2) is 12.4 Å². The first kappa shape index (κ1) is 10.7. The van der Waals surface area contributed by atoms with Gasteiger partial charge in [0.2, 0.25) is 0 Å². The van der Waals surface area contributed by atoms with Gasteiger partial charge >= 0.3 is 12.4 Å². The smallest absolute Gasteiger partial charge is 0.321 e. The van der Waals surface area contributed by atoms with E-state index in [1.54, 1.807) is 12.2 Å². The lowest BCUT2D eigenvalue weighted by Gasteiger charge is -2.31. The Morgan fingerprint density at radius 3 is 2.86 bits per heavy atom. The Bertz CT molecular complexity index is 291. The summed E-state index contributed by atoms with van der Waals surface area (Å²) < 4.78 is 4.37. The molecule has 0 saturated carbocycles. The number of allylic oxidation sites excluding steroid dienone is 3. The van der Waals surface area contributed by atoms with Gasteiger partial charge in [0.05, 0.1) is 5.92 Å². The molecule has 0 spiro atoms. The van der Waals surface area contributed by atoms with Crippen molar-refractivity contribution in [1.29, 1.82) is 0 Å². The van der Waals surface area contributed by atoms with E-state index in [-0.39, 0.29) is 17.8 Å². The van der Waals surface area contributed by atoms with E-state index in [1.165, 1.54) is 0 Å². The maximum absolute atomic E-state index is 11.4. The standard InChI is InChI=1S/C11H14O3/c1-3-11(2)7-5-4-6-9(11)10(13)14-8-12/h4-9H,3H2,1-2H3. The Morgan fingerprint density at radius 2 is 2.29 bits per heavy atom. The monoisotopic (exact) mass is 194 g/mol. The first-order valence-electron chi connectivity index (χ1n) is 4.64. The Hall–Kier alpha value is -1.38. The second-order valence-corrected chi connectivity index (χ2v) is 3.61. The van der Waals surface area contributed by atoms with Crippen LogP contribution in [0.3, 0.4) is 0 Å². The van der Waals surface area contributed by atoms with Gasteiger partial charge in [-0.2, -0.15) is 0 Å². The summed E-state index contributed by atoms with van der Waals surface area (Å²) in [6.45, 7) is 4.17. The molecule has 2 atom stereocenters. The highest BCUT2D eigenvalue weighted by Crippen LogP contribution is 2.36. The van der Waals surface area contributed by atoms with Crippen molar-refractivity contribution in [2.45, 2.75) is 20.3 Å². The maximum atomic E-state index is 11.4. The SMILES string of the molecule is CCC1(C)C=CC=CC1C(=O)OC=O. The van der Waals surface area contributed by atoms with Gasteiger partial charge in [-0.05, 0) is 6.42 Å². The zero-order valence-corrected chi connectivity index (χ0v) is 8.40. The minimum absolute atomic E-state index is 0.185. The molecular weight excluding hydrogens is 180 g/mol. The van der Waals surface area contributed by atoms with Crippen LogP contribution in [0.25, 0.3) is 0 Å². The van der Waals surface area contributed by atoms with Crippen LogP contribution in [0.15, 0.2) is 24.3 Å². The zero-order valence-electron chi connectivity index (χ0n) is 8.40. The van der Waals surface area contributed by atoms with E-state index in [1.807, 2.05) is 26.0 Å². The number of rotatable bonds is 3.